The smallest absolute Gasteiger partial charge is 0.234 e. The van der Waals surface area contributed by atoms with Gasteiger partial charge in [-0.1, -0.05) is 24.7 Å². The van der Waals surface area contributed by atoms with Crippen LogP contribution in [0.2, 0.25) is 0 Å². The van der Waals surface area contributed by atoms with Crippen LogP contribution < -0.4 is 4.74 Å². The Labute approximate surface area is 127 Å². The van der Waals surface area contributed by atoms with Crippen LogP contribution in [0.15, 0.2) is 24.3 Å². The second kappa shape index (κ2) is 6.22. The molecule has 21 heavy (non-hydrogen) atoms. The number of ether oxygens (including phenoxy) is 1. The van der Waals surface area contributed by atoms with Crippen LogP contribution in [0.25, 0.3) is 15.5 Å². The molecule has 0 unspecified atom stereocenters. The molecular formula is C15H18N4OS. The van der Waals surface area contributed by atoms with E-state index in [1.54, 1.807) is 11.3 Å². The lowest BCUT2D eigenvalue weighted by Crippen LogP contribution is -1.96. The summed E-state index contributed by atoms with van der Waals surface area (Å²) in [6, 6.07) is 8.00. The van der Waals surface area contributed by atoms with Gasteiger partial charge < -0.3 is 4.74 Å². The van der Waals surface area contributed by atoms with E-state index < -0.39 is 0 Å². The fourth-order valence-corrected chi connectivity index (χ4v) is 2.99. The predicted molar refractivity (Wildman–Crippen MR) is 83.9 cm³/mol. The van der Waals surface area contributed by atoms with Gasteiger partial charge >= 0.3 is 0 Å². The molecule has 2 heterocycles. The first-order valence-electron chi connectivity index (χ1n) is 7.26. The summed E-state index contributed by atoms with van der Waals surface area (Å²) in [5.41, 5.74) is 1.08. The quantitative estimate of drug-likeness (QED) is 0.698. The highest BCUT2D eigenvalue weighted by Crippen LogP contribution is 2.27. The van der Waals surface area contributed by atoms with Crippen LogP contribution in [0.4, 0.5) is 0 Å². The van der Waals surface area contributed by atoms with Gasteiger partial charge in [-0.3, -0.25) is 0 Å². The summed E-state index contributed by atoms with van der Waals surface area (Å²) in [7, 11) is 0. The molecule has 6 heteroatoms. The Hall–Kier alpha value is -1.95. The van der Waals surface area contributed by atoms with Crippen LogP contribution in [-0.4, -0.2) is 26.4 Å². The van der Waals surface area contributed by atoms with Gasteiger partial charge in [0.05, 0.1) is 6.61 Å². The third-order valence-corrected chi connectivity index (χ3v) is 4.17. The molecule has 1 aromatic carbocycles. The zero-order valence-electron chi connectivity index (χ0n) is 12.2. The molecule has 0 N–H and O–H groups in total. The average Bonchev–Trinajstić information content (AvgIpc) is 3.07. The summed E-state index contributed by atoms with van der Waals surface area (Å²) in [6.07, 6.45) is 3.17. The van der Waals surface area contributed by atoms with E-state index in [9.17, 15) is 0 Å². The summed E-state index contributed by atoms with van der Waals surface area (Å²) in [5.74, 6) is 1.83. The number of hydrogen-bond donors (Lipinski definition) is 0. The molecule has 5 nitrogen and oxygen atoms in total. The minimum absolute atomic E-state index is 0.677. The standard InChI is InChI=1S/C15H18N4OS/c1-3-5-6-13-16-17-15-19(13)18-14(21-15)11-7-9-12(10-8-11)20-4-2/h7-10H,3-6H2,1-2H3. The Balaban J connectivity index is 1.88. The summed E-state index contributed by atoms with van der Waals surface area (Å²) in [5, 5.41) is 14.0. The van der Waals surface area contributed by atoms with Crippen LogP contribution in [0, 0.1) is 0 Å². The van der Waals surface area contributed by atoms with E-state index in [4.69, 9.17) is 4.74 Å². The molecular weight excluding hydrogens is 284 g/mol. The zero-order valence-corrected chi connectivity index (χ0v) is 13.1. The molecule has 0 spiro atoms. The van der Waals surface area contributed by atoms with Gasteiger partial charge in [0, 0.05) is 12.0 Å². The Morgan fingerprint density at radius 1 is 1.14 bits per heavy atom. The van der Waals surface area contributed by atoms with Crippen molar-refractivity contribution in [2.24, 2.45) is 0 Å². The van der Waals surface area contributed by atoms with E-state index in [0.29, 0.717) is 6.61 Å². The predicted octanol–water partition coefficient (Wildman–Crippen LogP) is 3.59. The van der Waals surface area contributed by atoms with Gasteiger partial charge in [0.15, 0.2) is 5.82 Å². The van der Waals surface area contributed by atoms with Crippen molar-refractivity contribution < 1.29 is 4.74 Å². The highest BCUT2D eigenvalue weighted by molar-refractivity contribution is 7.19. The second-order valence-electron chi connectivity index (χ2n) is 4.78. The maximum atomic E-state index is 5.46. The van der Waals surface area contributed by atoms with Gasteiger partial charge in [0.25, 0.3) is 0 Å². The molecule has 0 amide bonds. The molecule has 110 valence electrons. The summed E-state index contributed by atoms with van der Waals surface area (Å²) in [4.78, 5) is 0.852. The maximum Gasteiger partial charge on any atom is 0.234 e. The lowest BCUT2D eigenvalue weighted by atomic mass is 10.2. The molecule has 2 aromatic heterocycles. The lowest BCUT2D eigenvalue weighted by molar-refractivity contribution is 0.340. The van der Waals surface area contributed by atoms with Crippen molar-refractivity contribution in [1.29, 1.82) is 0 Å². The minimum atomic E-state index is 0.677. The van der Waals surface area contributed by atoms with Crippen LogP contribution in [0.1, 0.15) is 32.5 Å². The third kappa shape index (κ3) is 2.90. The summed E-state index contributed by atoms with van der Waals surface area (Å²) >= 11 is 1.56. The number of nitrogens with zero attached hydrogens (tertiary/aromatic N) is 4. The van der Waals surface area contributed by atoms with E-state index in [1.807, 2.05) is 35.7 Å². The molecule has 0 saturated carbocycles. The number of aryl methyl sites for hydroxylation is 1. The first kappa shape index (κ1) is 14.0. The van der Waals surface area contributed by atoms with E-state index in [-0.39, 0.29) is 0 Å². The van der Waals surface area contributed by atoms with Crippen molar-refractivity contribution in [3.8, 4) is 16.3 Å². The van der Waals surface area contributed by atoms with Gasteiger partial charge in [-0.25, -0.2) is 0 Å². The highest BCUT2D eigenvalue weighted by atomic mass is 32.1. The number of fused-ring (bicyclic) bond motifs is 1. The molecule has 3 aromatic rings. The zero-order chi connectivity index (χ0) is 14.7. The number of benzene rings is 1. The number of aromatic nitrogens is 4. The van der Waals surface area contributed by atoms with Crippen LogP contribution >= 0.6 is 11.3 Å². The van der Waals surface area contributed by atoms with Gasteiger partial charge in [0.2, 0.25) is 4.96 Å². The van der Waals surface area contributed by atoms with Crippen LogP contribution in [0.5, 0.6) is 5.75 Å². The van der Waals surface area contributed by atoms with E-state index in [2.05, 4.69) is 22.2 Å². The van der Waals surface area contributed by atoms with Crippen molar-refractivity contribution in [3.63, 3.8) is 0 Å². The first-order chi connectivity index (χ1) is 10.3. The highest BCUT2D eigenvalue weighted by Gasteiger charge is 2.12. The molecule has 0 radical (unpaired) electrons. The molecule has 0 aliphatic carbocycles. The molecule has 0 atom stereocenters. The largest absolute Gasteiger partial charge is 0.494 e. The van der Waals surface area contributed by atoms with Gasteiger partial charge in [-0.2, -0.15) is 9.61 Å². The molecule has 3 rings (SSSR count). The van der Waals surface area contributed by atoms with E-state index in [0.717, 1.165) is 46.4 Å². The van der Waals surface area contributed by atoms with Crippen molar-refractivity contribution in [1.82, 2.24) is 19.8 Å². The SMILES string of the molecule is CCCCc1nnc2sc(-c3ccc(OCC)cc3)nn12. The second-order valence-corrected chi connectivity index (χ2v) is 5.73. The van der Waals surface area contributed by atoms with Crippen molar-refractivity contribution in [2.75, 3.05) is 6.61 Å². The van der Waals surface area contributed by atoms with E-state index in [1.165, 1.54) is 0 Å². The molecule has 0 saturated heterocycles. The number of hydrogen-bond acceptors (Lipinski definition) is 5. The first-order valence-corrected chi connectivity index (χ1v) is 8.07. The molecule has 0 aliphatic rings. The van der Waals surface area contributed by atoms with Gasteiger partial charge in [-0.15, -0.1) is 10.2 Å². The van der Waals surface area contributed by atoms with Crippen molar-refractivity contribution in [3.05, 3.63) is 30.1 Å². The Bertz CT molecular complexity index is 717. The summed E-state index contributed by atoms with van der Waals surface area (Å²) in [6.45, 7) is 4.83. The van der Waals surface area contributed by atoms with Crippen molar-refractivity contribution in [2.45, 2.75) is 33.1 Å². The van der Waals surface area contributed by atoms with Crippen molar-refractivity contribution >= 4 is 16.3 Å². The van der Waals surface area contributed by atoms with E-state index >= 15 is 0 Å². The molecule has 0 bridgehead atoms. The average molecular weight is 302 g/mol. The van der Waals surface area contributed by atoms with Gasteiger partial charge in [-0.05, 0) is 37.6 Å². The Morgan fingerprint density at radius 3 is 2.67 bits per heavy atom. The van der Waals surface area contributed by atoms with Crippen LogP contribution in [0.3, 0.4) is 0 Å². The molecule has 0 aliphatic heterocycles. The minimum Gasteiger partial charge on any atom is -0.494 e. The monoisotopic (exact) mass is 302 g/mol. The topological polar surface area (TPSA) is 52.3 Å². The fraction of sp³-hybridized carbons (Fsp3) is 0.400. The molecule has 0 fully saturated rings. The number of unbranched alkanes of at least 4 members (excludes halogenated alkanes) is 1. The fourth-order valence-electron chi connectivity index (χ4n) is 2.13. The number of rotatable bonds is 6. The summed E-state index contributed by atoms with van der Waals surface area (Å²) < 4.78 is 7.33. The third-order valence-electron chi connectivity index (χ3n) is 3.22. The Kier molecular flexibility index (Phi) is 4.15. The van der Waals surface area contributed by atoms with Crippen LogP contribution in [-0.2, 0) is 6.42 Å². The lowest BCUT2D eigenvalue weighted by Gasteiger charge is -2.02. The normalized spacial score (nSPS) is 11.1. The maximum absolute atomic E-state index is 5.46. The Morgan fingerprint density at radius 2 is 1.95 bits per heavy atom. The van der Waals surface area contributed by atoms with Gasteiger partial charge in [0.1, 0.15) is 10.8 Å².